The van der Waals surface area contributed by atoms with Gasteiger partial charge < -0.3 is 19.9 Å². The number of halogens is 1. The summed E-state index contributed by atoms with van der Waals surface area (Å²) < 4.78 is 93.3. The van der Waals surface area contributed by atoms with E-state index in [1.54, 1.807) is 24.3 Å². The summed E-state index contributed by atoms with van der Waals surface area (Å²) in [5.74, 6) is 0.351. The molecular weight excluding hydrogens is 393 g/mol. The average Bonchev–Trinajstić information content (AvgIpc) is 2.79. The number of piperidine rings is 1. The van der Waals surface area contributed by atoms with Crippen LogP contribution in [0, 0.1) is 11.7 Å². The summed E-state index contributed by atoms with van der Waals surface area (Å²) >= 11 is 0. The standard InChI is InChI=1S/C25H34FN3O2/c1-19(2)18-31-24-10-6-20(7-11-24)16-27-25(30)29(23-12-14-28(3)15-13-23)17-21-4-8-22(26)9-5-21/h4-11,19,23H,12-18H2,1-3H3,(H,27,30)/i3D3,14D2,15D2,17D2. The van der Waals surface area contributed by atoms with Crippen molar-refractivity contribution in [2.24, 2.45) is 5.92 Å². The van der Waals surface area contributed by atoms with Crippen LogP contribution in [-0.4, -0.2) is 48.4 Å². The Bertz CT molecular complexity index is 1140. The summed E-state index contributed by atoms with van der Waals surface area (Å²) in [5.41, 5.74) is 0.547. The Balaban J connectivity index is 1.91. The lowest BCUT2D eigenvalue weighted by atomic mass is 10.0. The van der Waals surface area contributed by atoms with Crippen molar-refractivity contribution in [3.8, 4) is 5.75 Å². The van der Waals surface area contributed by atoms with Gasteiger partial charge in [0, 0.05) is 28.7 Å². The molecule has 0 unspecified atom stereocenters. The van der Waals surface area contributed by atoms with Gasteiger partial charge >= 0.3 is 6.03 Å². The number of rotatable bonds is 8. The number of nitrogens with one attached hydrogen (secondary N) is 1. The van der Waals surface area contributed by atoms with Gasteiger partial charge in [0.05, 0.1) is 9.35 Å². The number of urea groups is 1. The van der Waals surface area contributed by atoms with Gasteiger partial charge in [-0.25, -0.2) is 9.18 Å². The minimum atomic E-state index is -3.12. The van der Waals surface area contributed by atoms with Gasteiger partial charge in [0.15, 0.2) is 0 Å². The molecule has 1 fully saturated rings. The molecule has 0 spiro atoms. The van der Waals surface area contributed by atoms with E-state index in [0.717, 1.165) is 24.3 Å². The average molecular weight is 437 g/mol. The highest BCUT2D eigenvalue weighted by Crippen LogP contribution is 2.19. The topological polar surface area (TPSA) is 44.8 Å². The van der Waals surface area contributed by atoms with E-state index < -0.39 is 57.2 Å². The SMILES string of the molecule is [2H]C([2H])([2H])N1C([2H])([2H])CC(N(C(=O)NCc2ccc(OCC(C)C)cc2)C([2H])([2H])c2ccc(F)cc2)CC1([2H])[2H]. The lowest BCUT2D eigenvalue weighted by Crippen LogP contribution is -2.49. The maximum absolute atomic E-state index is 13.6. The molecule has 1 heterocycles. The molecule has 1 saturated heterocycles. The Morgan fingerprint density at radius 1 is 1.23 bits per heavy atom. The third kappa shape index (κ3) is 7.24. The minimum Gasteiger partial charge on any atom is -0.493 e. The van der Waals surface area contributed by atoms with E-state index in [-0.39, 0.29) is 17.0 Å². The van der Waals surface area contributed by atoms with Gasteiger partial charge in [0.25, 0.3) is 0 Å². The van der Waals surface area contributed by atoms with Gasteiger partial charge in [0.2, 0.25) is 0 Å². The van der Waals surface area contributed by atoms with Crippen molar-refractivity contribution in [1.29, 1.82) is 0 Å². The molecule has 2 aromatic rings. The third-order valence-electron chi connectivity index (χ3n) is 4.60. The second-order valence-corrected chi connectivity index (χ2v) is 7.71. The summed E-state index contributed by atoms with van der Waals surface area (Å²) in [6, 6.07) is 8.87. The first kappa shape index (κ1) is 13.7. The summed E-state index contributed by atoms with van der Waals surface area (Å²) in [6.45, 7) is -6.72. The van der Waals surface area contributed by atoms with Crippen molar-refractivity contribution < 1.29 is 26.3 Å². The Labute approximate surface area is 197 Å². The highest BCUT2D eigenvalue weighted by Gasteiger charge is 2.27. The first-order chi connectivity index (χ1) is 18.3. The maximum Gasteiger partial charge on any atom is 0.318 e. The fourth-order valence-electron chi connectivity index (χ4n) is 2.90. The van der Waals surface area contributed by atoms with Crippen molar-refractivity contribution in [3.05, 3.63) is 65.5 Å². The fourth-order valence-corrected chi connectivity index (χ4v) is 2.90. The van der Waals surface area contributed by atoms with Gasteiger partial charge in [-0.05, 0) is 74.1 Å². The largest absolute Gasteiger partial charge is 0.493 e. The maximum atomic E-state index is 13.6. The number of carbonyl (C=O) groups excluding carboxylic acids is 1. The lowest BCUT2D eigenvalue weighted by Gasteiger charge is -2.37. The van der Waals surface area contributed by atoms with Crippen molar-refractivity contribution in [2.45, 2.75) is 45.8 Å². The third-order valence-corrected chi connectivity index (χ3v) is 4.60. The van der Waals surface area contributed by atoms with Crippen LogP contribution < -0.4 is 10.1 Å². The molecule has 0 saturated carbocycles. The molecule has 1 aliphatic heterocycles. The molecule has 0 bridgehead atoms. The monoisotopic (exact) mass is 436 g/mol. The first-order valence-corrected chi connectivity index (χ1v) is 10.2. The predicted molar refractivity (Wildman–Crippen MR) is 121 cm³/mol. The van der Waals surface area contributed by atoms with E-state index in [1.165, 1.54) is 0 Å². The molecule has 31 heavy (non-hydrogen) atoms. The van der Waals surface area contributed by atoms with E-state index in [0.29, 0.717) is 28.7 Å². The molecule has 1 N–H and O–H groups in total. The van der Waals surface area contributed by atoms with Crippen LogP contribution >= 0.6 is 0 Å². The zero-order chi connectivity index (χ0) is 30.1. The highest BCUT2D eigenvalue weighted by atomic mass is 19.1. The molecule has 5 nitrogen and oxygen atoms in total. The first-order valence-electron chi connectivity index (χ1n) is 14.7. The highest BCUT2D eigenvalue weighted by molar-refractivity contribution is 5.74. The Kier molecular flexibility index (Phi) is 4.94. The number of hydrogen-bond acceptors (Lipinski definition) is 3. The Morgan fingerprint density at radius 3 is 2.48 bits per heavy atom. The summed E-state index contributed by atoms with van der Waals surface area (Å²) in [5, 5.41) is 2.61. The van der Waals surface area contributed by atoms with Crippen molar-refractivity contribution >= 4 is 6.03 Å². The zero-order valence-electron chi connectivity index (χ0n) is 26.7. The summed E-state index contributed by atoms with van der Waals surface area (Å²) in [7, 11) is 0. The second kappa shape index (κ2) is 11.1. The van der Waals surface area contributed by atoms with Crippen molar-refractivity contribution in [2.75, 3.05) is 26.6 Å². The van der Waals surface area contributed by atoms with Crippen LogP contribution in [0.15, 0.2) is 48.5 Å². The molecule has 0 aliphatic carbocycles. The molecule has 0 aromatic heterocycles. The zero-order valence-corrected chi connectivity index (χ0v) is 17.7. The van der Waals surface area contributed by atoms with E-state index >= 15 is 0 Å². The Hall–Kier alpha value is -2.60. The number of hydrogen-bond donors (Lipinski definition) is 1. The summed E-state index contributed by atoms with van der Waals surface area (Å²) in [4.78, 5) is 14.4. The second-order valence-electron chi connectivity index (χ2n) is 7.71. The quantitative estimate of drug-likeness (QED) is 0.654. The van der Waals surface area contributed by atoms with Crippen molar-refractivity contribution in [3.63, 3.8) is 0 Å². The molecule has 168 valence electrons. The van der Waals surface area contributed by atoms with Gasteiger partial charge in [-0.1, -0.05) is 38.1 Å². The molecule has 2 amide bonds. The smallest absolute Gasteiger partial charge is 0.318 e. The van der Waals surface area contributed by atoms with E-state index in [4.69, 9.17) is 17.1 Å². The predicted octanol–water partition coefficient (Wildman–Crippen LogP) is 4.67. The normalized spacial score (nSPS) is 23.5. The number of amides is 2. The van der Waals surface area contributed by atoms with Gasteiger partial charge in [-0.15, -0.1) is 0 Å². The molecule has 6 heteroatoms. The molecule has 0 radical (unpaired) electrons. The van der Waals surface area contributed by atoms with Crippen LogP contribution in [0.3, 0.4) is 0 Å². The van der Waals surface area contributed by atoms with Crippen LogP contribution in [0.4, 0.5) is 9.18 Å². The molecule has 3 rings (SSSR count). The van der Waals surface area contributed by atoms with E-state index in [2.05, 4.69) is 5.32 Å². The van der Waals surface area contributed by atoms with Gasteiger partial charge in [0.1, 0.15) is 11.6 Å². The molecule has 1 aliphatic rings. The van der Waals surface area contributed by atoms with Crippen molar-refractivity contribution in [1.82, 2.24) is 15.1 Å². The van der Waals surface area contributed by atoms with Gasteiger partial charge in [-0.3, -0.25) is 0 Å². The van der Waals surface area contributed by atoms with Crippen LogP contribution in [0.5, 0.6) is 5.75 Å². The van der Waals surface area contributed by atoms with Gasteiger partial charge in [-0.2, -0.15) is 0 Å². The van der Waals surface area contributed by atoms with Crippen LogP contribution in [0.25, 0.3) is 0 Å². The fraction of sp³-hybridized carbons (Fsp3) is 0.480. The number of nitrogens with zero attached hydrogens (tertiary/aromatic N) is 2. The number of likely N-dealkylation sites (tertiary alicyclic amines) is 1. The van der Waals surface area contributed by atoms with E-state index in [1.807, 2.05) is 13.8 Å². The van der Waals surface area contributed by atoms with E-state index in [9.17, 15) is 9.18 Å². The number of ether oxygens (including phenoxy) is 1. The lowest BCUT2D eigenvalue weighted by molar-refractivity contribution is 0.127. The van der Waals surface area contributed by atoms with Crippen LogP contribution in [0.2, 0.25) is 0 Å². The van der Waals surface area contributed by atoms with Crippen LogP contribution in [0.1, 0.15) is 50.2 Å². The molecule has 2 aromatic carbocycles. The summed E-state index contributed by atoms with van der Waals surface area (Å²) in [6.07, 6.45) is -1.36. The van der Waals surface area contributed by atoms with Crippen LogP contribution in [-0.2, 0) is 13.0 Å². The number of carbonyl (C=O) groups is 1. The number of benzene rings is 2. The molecule has 0 atom stereocenters. The minimum absolute atomic E-state index is 0.0345. The molecular formula is C25H34FN3O2. The Morgan fingerprint density at radius 2 is 1.87 bits per heavy atom.